The Morgan fingerprint density at radius 1 is 1.29 bits per heavy atom. The zero-order chi connectivity index (χ0) is 12.6. The number of rotatable bonds is 2. The molecule has 17 heavy (non-hydrogen) atoms. The molecule has 0 aliphatic heterocycles. The minimum Gasteiger partial charge on any atom is -0.466 e. The first-order valence-electron chi connectivity index (χ1n) is 4.84. The number of furan rings is 1. The van der Waals surface area contributed by atoms with Crippen molar-refractivity contribution in [1.29, 1.82) is 0 Å². The maximum Gasteiger partial charge on any atom is 0.146 e. The molecule has 1 atom stereocenters. The minimum atomic E-state index is -1.51. The van der Waals surface area contributed by atoms with Gasteiger partial charge in [0.2, 0.25) is 0 Å². The first-order valence-corrected chi connectivity index (χ1v) is 5.60. The summed E-state index contributed by atoms with van der Waals surface area (Å²) < 4.78 is 18.5. The van der Waals surface area contributed by atoms with Crippen LogP contribution < -0.4 is 0 Å². The Balaban J connectivity index is 2.57. The van der Waals surface area contributed by atoms with Gasteiger partial charge in [-0.25, -0.2) is 4.39 Å². The Morgan fingerprint density at radius 3 is 2.59 bits per heavy atom. The van der Waals surface area contributed by atoms with E-state index in [1.54, 1.807) is 12.1 Å². The van der Waals surface area contributed by atoms with Gasteiger partial charge in [-0.3, -0.25) is 0 Å². The largest absolute Gasteiger partial charge is 0.466 e. The van der Waals surface area contributed by atoms with Crippen molar-refractivity contribution in [2.24, 2.45) is 0 Å². The van der Waals surface area contributed by atoms with E-state index >= 15 is 0 Å². The van der Waals surface area contributed by atoms with Gasteiger partial charge in [0.05, 0.1) is 11.3 Å². The lowest BCUT2D eigenvalue weighted by Crippen LogP contribution is -2.22. The van der Waals surface area contributed by atoms with Crippen molar-refractivity contribution in [1.82, 2.24) is 0 Å². The van der Waals surface area contributed by atoms with Gasteiger partial charge in [-0.1, -0.05) is 23.2 Å². The molecular formula is C12H9Cl2FO2. The smallest absolute Gasteiger partial charge is 0.146 e. The van der Waals surface area contributed by atoms with Gasteiger partial charge < -0.3 is 9.52 Å². The van der Waals surface area contributed by atoms with Gasteiger partial charge in [0.25, 0.3) is 0 Å². The average Bonchev–Trinajstić information content (AvgIpc) is 2.77. The lowest BCUT2D eigenvalue weighted by molar-refractivity contribution is 0.0765. The van der Waals surface area contributed by atoms with Crippen LogP contribution in [0.2, 0.25) is 10.0 Å². The third-order valence-electron chi connectivity index (χ3n) is 2.54. The molecule has 1 N–H and O–H groups in total. The first-order chi connectivity index (χ1) is 7.93. The average molecular weight is 275 g/mol. The van der Waals surface area contributed by atoms with Crippen molar-refractivity contribution in [2.75, 3.05) is 0 Å². The lowest BCUT2D eigenvalue weighted by Gasteiger charge is -2.22. The summed E-state index contributed by atoms with van der Waals surface area (Å²) >= 11 is 11.5. The number of benzene rings is 1. The van der Waals surface area contributed by atoms with E-state index in [0.29, 0.717) is 0 Å². The molecule has 2 aromatic rings. The predicted octanol–water partition coefficient (Wildman–Crippen LogP) is 3.98. The minimum absolute atomic E-state index is 0.0889. The monoisotopic (exact) mass is 274 g/mol. The van der Waals surface area contributed by atoms with Crippen molar-refractivity contribution in [2.45, 2.75) is 12.5 Å². The first kappa shape index (κ1) is 12.4. The molecule has 0 saturated heterocycles. The number of aliphatic hydroxyl groups is 1. The fraction of sp³-hybridized carbons (Fsp3) is 0.167. The lowest BCUT2D eigenvalue weighted by atomic mass is 9.93. The quantitative estimate of drug-likeness (QED) is 0.841. The van der Waals surface area contributed by atoms with Crippen molar-refractivity contribution in [3.63, 3.8) is 0 Å². The summed E-state index contributed by atoms with van der Waals surface area (Å²) in [5.41, 5.74) is -1.30. The normalized spacial score (nSPS) is 14.6. The van der Waals surface area contributed by atoms with Gasteiger partial charge in [-0.2, -0.15) is 0 Å². The second kappa shape index (κ2) is 4.33. The van der Waals surface area contributed by atoms with Gasteiger partial charge in [0.15, 0.2) is 0 Å². The van der Waals surface area contributed by atoms with Crippen LogP contribution in [0.5, 0.6) is 0 Å². The van der Waals surface area contributed by atoms with Crippen LogP contribution in [-0.4, -0.2) is 5.11 Å². The zero-order valence-electron chi connectivity index (χ0n) is 8.88. The Kier molecular flexibility index (Phi) is 3.17. The fourth-order valence-electron chi connectivity index (χ4n) is 1.58. The molecular weight excluding hydrogens is 266 g/mol. The highest BCUT2D eigenvalue weighted by atomic mass is 35.5. The van der Waals surface area contributed by atoms with Crippen LogP contribution in [0.3, 0.4) is 0 Å². The van der Waals surface area contributed by atoms with E-state index in [9.17, 15) is 9.50 Å². The molecule has 0 fully saturated rings. The third-order valence-corrected chi connectivity index (χ3v) is 3.14. The number of hydrogen-bond donors (Lipinski definition) is 1. The molecule has 0 bridgehead atoms. The molecule has 90 valence electrons. The van der Waals surface area contributed by atoms with Crippen LogP contribution in [0.25, 0.3) is 0 Å². The third kappa shape index (κ3) is 2.18. The molecule has 0 amide bonds. The van der Waals surface area contributed by atoms with Crippen molar-refractivity contribution < 1.29 is 13.9 Å². The van der Waals surface area contributed by atoms with E-state index in [4.69, 9.17) is 27.6 Å². The molecule has 0 spiro atoms. The van der Waals surface area contributed by atoms with Crippen LogP contribution in [0, 0.1) is 5.82 Å². The number of hydrogen-bond acceptors (Lipinski definition) is 2. The molecule has 0 saturated carbocycles. The van der Waals surface area contributed by atoms with E-state index in [1.807, 2.05) is 0 Å². The molecule has 0 aliphatic carbocycles. The van der Waals surface area contributed by atoms with Crippen molar-refractivity contribution >= 4 is 23.2 Å². The van der Waals surface area contributed by atoms with E-state index in [1.165, 1.54) is 19.3 Å². The molecule has 1 aromatic heterocycles. The van der Waals surface area contributed by atoms with Gasteiger partial charge >= 0.3 is 0 Å². The van der Waals surface area contributed by atoms with Crippen LogP contribution in [0.15, 0.2) is 34.9 Å². The Labute approximate surface area is 108 Å². The van der Waals surface area contributed by atoms with Gasteiger partial charge in [-0.05, 0) is 31.2 Å². The maximum absolute atomic E-state index is 13.4. The number of halogens is 3. The predicted molar refractivity (Wildman–Crippen MR) is 63.8 cm³/mol. The Morgan fingerprint density at radius 2 is 2.00 bits per heavy atom. The summed E-state index contributed by atoms with van der Waals surface area (Å²) in [6.45, 7) is 1.47. The molecule has 1 aromatic carbocycles. The second-order valence-electron chi connectivity index (χ2n) is 3.80. The molecule has 2 nitrogen and oxygen atoms in total. The van der Waals surface area contributed by atoms with E-state index < -0.39 is 11.4 Å². The second-order valence-corrected chi connectivity index (χ2v) is 4.61. The van der Waals surface area contributed by atoms with Gasteiger partial charge in [-0.15, -0.1) is 0 Å². The van der Waals surface area contributed by atoms with Crippen LogP contribution >= 0.6 is 23.2 Å². The summed E-state index contributed by atoms with van der Waals surface area (Å²) in [5, 5.41) is 10.4. The van der Waals surface area contributed by atoms with E-state index in [0.717, 1.165) is 6.07 Å². The highest BCUT2D eigenvalue weighted by molar-refractivity contribution is 6.35. The SMILES string of the molecule is CC(O)(c1ccco1)c1cc(F)c(Cl)cc1Cl. The summed E-state index contributed by atoms with van der Waals surface area (Å²) in [6.07, 6.45) is 1.42. The van der Waals surface area contributed by atoms with Crippen LogP contribution in [0.4, 0.5) is 4.39 Å². The van der Waals surface area contributed by atoms with Crippen LogP contribution in [0.1, 0.15) is 18.2 Å². The van der Waals surface area contributed by atoms with Crippen molar-refractivity contribution in [3.05, 3.63) is 57.7 Å². The standard InChI is InChI=1S/C12H9Cl2FO2/c1-12(16,11-3-2-4-17-11)7-5-10(15)9(14)6-8(7)13/h2-6,16H,1H3. The Bertz CT molecular complexity index is 536. The molecule has 5 heteroatoms. The summed E-state index contributed by atoms with van der Waals surface area (Å²) in [4.78, 5) is 0. The fourth-order valence-corrected chi connectivity index (χ4v) is 2.15. The molecule has 0 radical (unpaired) electrons. The van der Waals surface area contributed by atoms with Gasteiger partial charge in [0, 0.05) is 10.6 Å². The van der Waals surface area contributed by atoms with E-state index in [2.05, 4.69) is 0 Å². The Hall–Kier alpha value is -1.03. The van der Waals surface area contributed by atoms with E-state index in [-0.39, 0.29) is 21.4 Å². The highest BCUT2D eigenvalue weighted by Gasteiger charge is 2.31. The highest BCUT2D eigenvalue weighted by Crippen LogP contribution is 2.36. The maximum atomic E-state index is 13.4. The molecule has 1 heterocycles. The van der Waals surface area contributed by atoms with Crippen molar-refractivity contribution in [3.8, 4) is 0 Å². The zero-order valence-corrected chi connectivity index (χ0v) is 10.4. The summed E-state index contributed by atoms with van der Waals surface area (Å²) in [5.74, 6) is -0.362. The summed E-state index contributed by atoms with van der Waals surface area (Å²) in [7, 11) is 0. The molecule has 1 unspecified atom stereocenters. The molecule has 2 rings (SSSR count). The topological polar surface area (TPSA) is 33.4 Å². The molecule has 0 aliphatic rings. The van der Waals surface area contributed by atoms with Crippen LogP contribution in [-0.2, 0) is 5.60 Å². The van der Waals surface area contributed by atoms with Gasteiger partial charge in [0.1, 0.15) is 17.2 Å². The summed E-state index contributed by atoms with van der Waals surface area (Å²) in [6, 6.07) is 5.57.